The van der Waals surface area contributed by atoms with Gasteiger partial charge in [0.05, 0.1) is 0 Å². The summed E-state index contributed by atoms with van der Waals surface area (Å²) < 4.78 is 1.44. The van der Waals surface area contributed by atoms with E-state index in [1.807, 2.05) is 0 Å². The first-order chi connectivity index (χ1) is 3.30. The van der Waals surface area contributed by atoms with Crippen LogP contribution in [0.15, 0.2) is 22.0 Å². The topological polar surface area (TPSA) is 0 Å². The van der Waals surface area contributed by atoms with Crippen molar-refractivity contribution in [2.24, 2.45) is 0 Å². The quantitative estimate of drug-likeness (QED) is 0.391. The second-order valence-corrected chi connectivity index (χ2v) is 2.07. The van der Waals surface area contributed by atoms with Gasteiger partial charge in [0, 0.05) is 0 Å². The van der Waals surface area contributed by atoms with E-state index in [1.165, 1.54) is 16.2 Å². The van der Waals surface area contributed by atoms with Gasteiger partial charge in [-0.15, -0.1) is 0 Å². The van der Waals surface area contributed by atoms with Crippen molar-refractivity contribution in [3.05, 3.63) is 22.0 Å². The molecular formula is C6H7Li. The van der Waals surface area contributed by atoms with E-state index >= 15 is 0 Å². The van der Waals surface area contributed by atoms with Gasteiger partial charge in [-0.1, -0.05) is 0 Å². The molecule has 0 unspecified atom stereocenters. The van der Waals surface area contributed by atoms with Crippen LogP contribution in [-0.4, -0.2) is 17.7 Å². The van der Waals surface area contributed by atoms with Gasteiger partial charge < -0.3 is 0 Å². The summed E-state index contributed by atoms with van der Waals surface area (Å²) in [6, 6.07) is 0. The molecule has 0 spiro atoms. The van der Waals surface area contributed by atoms with Gasteiger partial charge in [0.25, 0.3) is 0 Å². The van der Waals surface area contributed by atoms with Gasteiger partial charge in [-0.05, 0) is 0 Å². The molecule has 32 valence electrons. The molecule has 0 nitrogen and oxygen atoms in total. The summed E-state index contributed by atoms with van der Waals surface area (Å²) in [5.74, 6) is 0. The van der Waals surface area contributed by atoms with Crippen LogP contribution in [0.2, 0.25) is 0 Å². The molecule has 0 saturated carbocycles. The predicted octanol–water partition coefficient (Wildman–Crippen LogP) is 1.39. The Hall–Kier alpha value is 0.0774. The summed E-state index contributed by atoms with van der Waals surface area (Å²) in [7, 11) is 0. The number of rotatable bonds is 0. The molecule has 0 atom stereocenters. The molecule has 0 saturated heterocycles. The first-order valence-electron chi connectivity index (χ1n) is 2.63. The van der Waals surface area contributed by atoms with Gasteiger partial charge >= 0.3 is 53.0 Å². The predicted molar refractivity (Wildman–Crippen MR) is 32.2 cm³/mol. The zero-order chi connectivity index (χ0) is 5.28. The fourth-order valence-corrected chi connectivity index (χ4v) is 0.716. The summed E-state index contributed by atoms with van der Waals surface area (Å²) in [4.78, 5) is 0. The number of hydrogen-bond donors (Lipinski definition) is 0. The maximum atomic E-state index is 2.20. The van der Waals surface area contributed by atoms with E-state index in [4.69, 9.17) is 0 Å². The van der Waals surface area contributed by atoms with Gasteiger partial charge in [-0.25, -0.2) is 0 Å². The molecule has 1 heteroatoms. The van der Waals surface area contributed by atoms with E-state index in [0.717, 1.165) is 0 Å². The van der Waals surface area contributed by atoms with E-state index in [9.17, 15) is 0 Å². The van der Waals surface area contributed by atoms with Crippen molar-refractivity contribution in [3.8, 4) is 0 Å². The number of hydrogen-bond acceptors (Lipinski definition) is 0. The summed E-state index contributed by atoms with van der Waals surface area (Å²) in [6.45, 7) is 2.18. The molecule has 0 N–H and O–H groups in total. The van der Waals surface area contributed by atoms with Crippen LogP contribution in [0.3, 0.4) is 0 Å². The van der Waals surface area contributed by atoms with Crippen LogP contribution < -0.4 is 0 Å². The molecule has 1 aliphatic rings. The molecule has 0 aromatic heterocycles. The van der Waals surface area contributed by atoms with E-state index in [0.29, 0.717) is 0 Å². The van der Waals surface area contributed by atoms with Crippen molar-refractivity contribution in [2.75, 3.05) is 0 Å². The third-order valence-electron chi connectivity index (χ3n) is 1.47. The Bertz CT molecular complexity index is 131. The van der Waals surface area contributed by atoms with Crippen molar-refractivity contribution in [3.63, 3.8) is 0 Å². The molecule has 0 aromatic carbocycles. The van der Waals surface area contributed by atoms with E-state index in [1.54, 1.807) is 0 Å². The molecule has 0 aliphatic heterocycles. The summed E-state index contributed by atoms with van der Waals surface area (Å²) >= 11 is 2.15. The van der Waals surface area contributed by atoms with Crippen LogP contribution in [0.25, 0.3) is 0 Å². The molecule has 0 radical (unpaired) electrons. The molecule has 0 amide bonds. The summed E-state index contributed by atoms with van der Waals surface area (Å²) in [6.07, 6.45) is 5.55. The standard InChI is InChI=1S/C6H7.Li/c1-6-4-2-3-5-6;/h2-3H,4H2,1H3;. The van der Waals surface area contributed by atoms with Crippen LogP contribution in [0.5, 0.6) is 0 Å². The monoisotopic (exact) mass is 86.1 g/mol. The second-order valence-electron chi connectivity index (χ2n) is 2.07. The normalized spacial score (nSPS) is 19.3. The molecule has 0 aromatic rings. The molecule has 0 heterocycles. The van der Waals surface area contributed by atoms with Crippen LogP contribution in [0.1, 0.15) is 13.3 Å². The Morgan fingerprint density at radius 3 is 2.57 bits per heavy atom. The van der Waals surface area contributed by atoms with Gasteiger partial charge in [-0.3, -0.25) is 0 Å². The Labute approximate surface area is 53.5 Å². The molecule has 1 rings (SSSR count). The fraction of sp³-hybridized carbons (Fsp3) is 0.333. The average molecular weight is 86.1 g/mol. The van der Waals surface area contributed by atoms with Crippen LogP contribution in [0.4, 0.5) is 0 Å². The molecule has 7 heavy (non-hydrogen) atoms. The minimum absolute atomic E-state index is 1.17. The van der Waals surface area contributed by atoms with Crippen molar-refractivity contribution < 1.29 is 0 Å². The fourth-order valence-electron chi connectivity index (χ4n) is 0.716. The molecule has 0 fully saturated rings. The minimum atomic E-state index is 1.17. The van der Waals surface area contributed by atoms with Gasteiger partial charge in [-0.2, -0.15) is 0 Å². The maximum absolute atomic E-state index is 2.20. The Balaban J connectivity index is 2.79. The summed E-state index contributed by atoms with van der Waals surface area (Å²) in [5, 5.41) is 0. The molecule has 1 aliphatic carbocycles. The van der Waals surface area contributed by atoms with Crippen LogP contribution >= 0.6 is 0 Å². The Kier molecular flexibility index (Phi) is 1.42. The van der Waals surface area contributed by atoms with Crippen molar-refractivity contribution in [2.45, 2.75) is 13.3 Å². The van der Waals surface area contributed by atoms with Crippen molar-refractivity contribution >= 4 is 17.7 Å². The average Bonchev–Trinajstić information content (AvgIpc) is 1.91. The van der Waals surface area contributed by atoms with Gasteiger partial charge in [0.1, 0.15) is 0 Å². The van der Waals surface area contributed by atoms with Crippen LogP contribution in [0, 0.1) is 0 Å². The van der Waals surface area contributed by atoms with Crippen LogP contribution in [-0.2, 0) is 0 Å². The van der Waals surface area contributed by atoms with Gasteiger partial charge in [0.2, 0.25) is 0 Å². The first-order valence-corrected chi connectivity index (χ1v) is 2.63. The van der Waals surface area contributed by atoms with Crippen molar-refractivity contribution in [1.82, 2.24) is 0 Å². The van der Waals surface area contributed by atoms with Gasteiger partial charge in [0.15, 0.2) is 0 Å². The third kappa shape index (κ3) is 0.995. The zero-order valence-corrected chi connectivity index (χ0v) is 4.86. The Morgan fingerprint density at radius 2 is 2.43 bits per heavy atom. The zero-order valence-electron chi connectivity index (χ0n) is 4.86. The number of allylic oxidation sites excluding steroid dienone is 4. The SMILES string of the molecule is [Li][C]1=C(C)CC=C1. The Morgan fingerprint density at radius 1 is 1.71 bits per heavy atom. The van der Waals surface area contributed by atoms with E-state index in [-0.39, 0.29) is 0 Å². The first kappa shape index (κ1) is 5.22. The van der Waals surface area contributed by atoms with E-state index < -0.39 is 0 Å². The second kappa shape index (κ2) is 1.90. The molecule has 0 bridgehead atoms. The van der Waals surface area contributed by atoms with E-state index in [2.05, 4.69) is 36.8 Å². The molecular weight excluding hydrogens is 79.0 g/mol. The van der Waals surface area contributed by atoms with Crippen molar-refractivity contribution in [1.29, 1.82) is 0 Å². The third-order valence-corrected chi connectivity index (χ3v) is 1.47. The summed E-state index contributed by atoms with van der Waals surface area (Å²) in [5.41, 5.74) is 1.51.